The van der Waals surface area contributed by atoms with Crippen LogP contribution in [0.25, 0.3) is 0 Å². The number of rotatable bonds is 6. The van der Waals surface area contributed by atoms with Crippen LogP contribution >= 0.6 is 24.8 Å². The lowest BCUT2D eigenvalue weighted by Crippen LogP contribution is -2.58. The molecule has 1 unspecified atom stereocenters. The molecule has 2 aliphatic heterocycles. The van der Waals surface area contributed by atoms with Gasteiger partial charge in [0.15, 0.2) is 0 Å². The highest BCUT2D eigenvalue weighted by atomic mass is 35.5. The fourth-order valence-electron chi connectivity index (χ4n) is 4.86. The van der Waals surface area contributed by atoms with E-state index in [1.54, 1.807) is 0 Å². The molecule has 1 aliphatic carbocycles. The molecule has 0 radical (unpaired) electrons. The van der Waals surface area contributed by atoms with Gasteiger partial charge in [-0.05, 0) is 44.4 Å². The minimum absolute atomic E-state index is 0. The highest BCUT2D eigenvalue weighted by molar-refractivity contribution is 5.85. The zero-order valence-corrected chi connectivity index (χ0v) is 18.1. The summed E-state index contributed by atoms with van der Waals surface area (Å²) in [5.74, 6) is 0.274. The Morgan fingerprint density at radius 1 is 1.19 bits per heavy atom. The predicted octanol–water partition coefficient (Wildman–Crippen LogP) is 2.12. The zero-order chi connectivity index (χ0) is 17.7. The number of hydrogen-bond acceptors (Lipinski definition) is 5. The molecular weight excluding hydrogens is 389 g/mol. The SMILES string of the molecule is COC1CCN(C2(CNC(=O)C(N)C3CCOCC3)CCCC2)CC1.Cl.Cl. The summed E-state index contributed by atoms with van der Waals surface area (Å²) in [5, 5.41) is 3.21. The second-order valence-corrected chi connectivity index (χ2v) is 8.05. The molecule has 8 heteroatoms. The van der Waals surface area contributed by atoms with Crippen molar-refractivity contribution in [3.8, 4) is 0 Å². The van der Waals surface area contributed by atoms with Crippen LogP contribution in [0.4, 0.5) is 0 Å². The van der Waals surface area contributed by atoms with Gasteiger partial charge < -0.3 is 20.5 Å². The van der Waals surface area contributed by atoms with Crippen LogP contribution < -0.4 is 11.1 Å². The Kier molecular flexibility index (Phi) is 10.9. The van der Waals surface area contributed by atoms with Gasteiger partial charge in [-0.25, -0.2) is 0 Å². The second-order valence-electron chi connectivity index (χ2n) is 8.05. The van der Waals surface area contributed by atoms with E-state index in [2.05, 4.69) is 10.2 Å². The highest BCUT2D eigenvalue weighted by Crippen LogP contribution is 2.37. The summed E-state index contributed by atoms with van der Waals surface area (Å²) < 4.78 is 10.9. The van der Waals surface area contributed by atoms with Crippen LogP contribution in [0, 0.1) is 5.92 Å². The number of nitrogens with zero attached hydrogens (tertiary/aromatic N) is 1. The number of nitrogens with two attached hydrogens (primary N) is 1. The minimum Gasteiger partial charge on any atom is -0.381 e. The first-order valence-corrected chi connectivity index (χ1v) is 10.0. The normalized spacial score (nSPS) is 25.3. The molecule has 0 bridgehead atoms. The van der Waals surface area contributed by atoms with E-state index in [9.17, 15) is 4.79 Å². The summed E-state index contributed by atoms with van der Waals surface area (Å²) in [6, 6.07) is -0.401. The summed E-state index contributed by atoms with van der Waals surface area (Å²) in [6.45, 7) is 4.33. The largest absolute Gasteiger partial charge is 0.381 e. The van der Waals surface area contributed by atoms with Crippen LogP contribution in [0.5, 0.6) is 0 Å². The van der Waals surface area contributed by atoms with Crippen molar-refractivity contribution in [2.24, 2.45) is 11.7 Å². The molecule has 3 rings (SSSR count). The third kappa shape index (κ3) is 6.18. The lowest BCUT2D eigenvalue weighted by Gasteiger charge is -2.45. The van der Waals surface area contributed by atoms with E-state index in [0.29, 0.717) is 6.10 Å². The van der Waals surface area contributed by atoms with Gasteiger partial charge in [0.25, 0.3) is 0 Å². The van der Waals surface area contributed by atoms with Crippen molar-refractivity contribution in [3.05, 3.63) is 0 Å². The van der Waals surface area contributed by atoms with Gasteiger partial charge in [-0.15, -0.1) is 24.8 Å². The van der Waals surface area contributed by atoms with E-state index < -0.39 is 6.04 Å². The molecule has 3 N–H and O–H groups in total. The first kappa shape index (κ1) is 24.9. The topological polar surface area (TPSA) is 76.8 Å². The highest BCUT2D eigenvalue weighted by Gasteiger charge is 2.41. The molecule has 3 aliphatic rings. The van der Waals surface area contributed by atoms with Crippen LogP contribution in [-0.4, -0.2) is 68.4 Å². The van der Waals surface area contributed by atoms with Crippen molar-refractivity contribution in [2.75, 3.05) is 40.0 Å². The summed E-state index contributed by atoms with van der Waals surface area (Å²) in [4.78, 5) is 15.2. The Balaban J connectivity index is 0.00000182. The number of hydrogen-bond donors (Lipinski definition) is 2. The lowest BCUT2D eigenvalue weighted by atomic mass is 9.90. The van der Waals surface area contributed by atoms with Crippen LogP contribution in [0.15, 0.2) is 0 Å². The molecule has 27 heavy (non-hydrogen) atoms. The Labute approximate surface area is 176 Å². The molecule has 2 heterocycles. The van der Waals surface area contributed by atoms with Crippen molar-refractivity contribution in [2.45, 2.75) is 69.1 Å². The fourth-order valence-corrected chi connectivity index (χ4v) is 4.86. The van der Waals surface area contributed by atoms with Gasteiger partial charge in [-0.2, -0.15) is 0 Å². The van der Waals surface area contributed by atoms with Gasteiger partial charge in [0.2, 0.25) is 5.91 Å². The molecule has 0 spiro atoms. The van der Waals surface area contributed by atoms with Crippen LogP contribution in [0.1, 0.15) is 51.4 Å². The molecule has 3 fully saturated rings. The lowest BCUT2D eigenvalue weighted by molar-refractivity contribution is -0.125. The average Bonchev–Trinajstić information content (AvgIpc) is 3.16. The standard InChI is InChI=1S/C19H35N3O3.2ClH/c1-24-16-4-10-22(11-5-16)19(8-2-3-9-19)14-21-18(23)17(20)15-6-12-25-13-7-15;;/h15-17H,2-14,20H2,1H3,(H,21,23);2*1H. The Hall–Kier alpha value is -0.110. The third-order valence-electron chi connectivity index (χ3n) is 6.65. The summed E-state index contributed by atoms with van der Waals surface area (Å²) in [7, 11) is 1.81. The van der Waals surface area contributed by atoms with Gasteiger partial charge in [0.05, 0.1) is 12.1 Å². The number of carbonyl (C=O) groups is 1. The molecule has 0 aromatic rings. The molecule has 1 atom stereocenters. The average molecular weight is 426 g/mol. The number of amides is 1. The summed E-state index contributed by atoms with van der Waals surface area (Å²) in [5.41, 5.74) is 6.37. The van der Waals surface area contributed by atoms with E-state index >= 15 is 0 Å². The van der Waals surface area contributed by atoms with Gasteiger partial charge in [0.1, 0.15) is 0 Å². The van der Waals surface area contributed by atoms with Crippen LogP contribution in [0.3, 0.4) is 0 Å². The molecule has 1 amide bonds. The first-order chi connectivity index (χ1) is 12.1. The van der Waals surface area contributed by atoms with Crippen molar-refractivity contribution in [1.82, 2.24) is 10.2 Å². The van der Waals surface area contributed by atoms with Gasteiger partial charge in [0, 0.05) is 45.5 Å². The van der Waals surface area contributed by atoms with Gasteiger partial charge in [-0.1, -0.05) is 12.8 Å². The molecular formula is C19H37Cl2N3O3. The van der Waals surface area contributed by atoms with Gasteiger partial charge in [-0.3, -0.25) is 9.69 Å². The van der Waals surface area contributed by atoms with E-state index in [1.807, 2.05) is 7.11 Å². The molecule has 2 saturated heterocycles. The third-order valence-corrected chi connectivity index (χ3v) is 6.65. The number of nitrogens with one attached hydrogen (secondary N) is 1. The zero-order valence-electron chi connectivity index (χ0n) is 16.5. The number of halogens is 2. The Bertz CT molecular complexity index is 436. The van der Waals surface area contributed by atoms with Crippen molar-refractivity contribution in [1.29, 1.82) is 0 Å². The van der Waals surface area contributed by atoms with E-state index in [0.717, 1.165) is 58.5 Å². The number of methoxy groups -OCH3 is 1. The van der Waals surface area contributed by atoms with E-state index in [1.165, 1.54) is 25.7 Å². The molecule has 160 valence electrons. The maximum atomic E-state index is 12.6. The van der Waals surface area contributed by atoms with Gasteiger partial charge >= 0.3 is 0 Å². The minimum atomic E-state index is -0.401. The van der Waals surface area contributed by atoms with Crippen molar-refractivity contribution < 1.29 is 14.3 Å². The number of likely N-dealkylation sites (tertiary alicyclic amines) is 1. The maximum Gasteiger partial charge on any atom is 0.237 e. The molecule has 0 aromatic carbocycles. The molecule has 0 aromatic heterocycles. The second kappa shape index (κ2) is 11.8. The maximum absolute atomic E-state index is 12.6. The number of carbonyl (C=O) groups excluding carboxylic acids is 1. The van der Waals surface area contributed by atoms with E-state index in [-0.39, 0.29) is 42.2 Å². The fraction of sp³-hybridized carbons (Fsp3) is 0.947. The Morgan fingerprint density at radius 3 is 2.33 bits per heavy atom. The molecule has 6 nitrogen and oxygen atoms in total. The van der Waals surface area contributed by atoms with Crippen LogP contribution in [-0.2, 0) is 14.3 Å². The smallest absolute Gasteiger partial charge is 0.237 e. The summed E-state index contributed by atoms with van der Waals surface area (Å²) >= 11 is 0. The summed E-state index contributed by atoms with van der Waals surface area (Å²) in [6.07, 6.45) is 9.23. The monoisotopic (exact) mass is 425 g/mol. The van der Waals surface area contributed by atoms with Crippen molar-refractivity contribution in [3.63, 3.8) is 0 Å². The van der Waals surface area contributed by atoms with E-state index in [4.69, 9.17) is 15.2 Å². The van der Waals surface area contributed by atoms with Crippen molar-refractivity contribution >= 4 is 30.7 Å². The Morgan fingerprint density at radius 2 is 1.78 bits per heavy atom. The first-order valence-electron chi connectivity index (χ1n) is 10.0. The van der Waals surface area contributed by atoms with Crippen LogP contribution in [0.2, 0.25) is 0 Å². The number of ether oxygens (including phenoxy) is 2. The molecule has 1 saturated carbocycles. The predicted molar refractivity (Wildman–Crippen MR) is 112 cm³/mol. The quantitative estimate of drug-likeness (QED) is 0.681. The number of piperidine rings is 1.